The van der Waals surface area contributed by atoms with Crippen molar-refractivity contribution in [1.29, 1.82) is 5.26 Å². The molecule has 0 aliphatic rings. The van der Waals surface area contributed by atoms with Crippen molar-refractivity contribution >= 4 is 11.0 Å². The fourth-order valence-corrected chi connectivity index (χ4v) is 2.58. The van der Waals surface area contributed by atoms with E-state index in [-0.39, 0.29) is 0 Å². The van der Waals surface area contributed by atoms with E-state index in [4.69, 9.17) is 9.68 Å². The quantitative estimate of drug-likeness (QED) is 0.698. The van der Waals surface area contributed by atoms with Crippen molar-refractivity contribution < 1.29 is 4.42 Å². The zero-order valence-corrected chi connectivity index (χ0v) is 11.4. The van der Waals surface area contributed by atoms with Crippen LogP contribution >= 0.6 is 0 Å². The van der Waals surface area contributed by atoms with E-state index in [1.54, 1.807) is 0 Å². The molecule has 1 aromatic heterocycles. The normalized spacial score (nSPS) is 10.6. The molecule has 0 saturated carbocycles. The van der Waals surface area contributed by atoms with Gasteiger partial charge in [0.05, 0.1) is 0 Å². The molecule has 2 aromatic carbocycles. The Bertz CT molecular complexity index is 778. The lowest BCUT2D eigenvalue weighted by Gasteiger charge is -2.02. The van der Waals surface area contributed by atoms with Crippen LogP contribution in [0.3, 0.4) is 0 Å². The van der Waals surface area contributed by atoms with Crippen molar-refractivity contribution in [3.63, 3.8) is 0 Å². The highest BCUT2D eigenvalue weighted by molar-refractivity contribution is 5.84. The lowest BCUT2D eigenvalue weighted by molar-refractivity contribution is 0.594. The van der Waals surface area contributed by atoms with Gasteiger partial charge in [-0.2, -0.15) is 5.26 Å². The minimum atomic E-state index is 0.444. The van der Waals surface area contributed by atoms with Gasteiger partial charge < -0.3 is 4.42 Å². The first kappa shape index (κ1) is 12.5. The largest absolute Gasteiger partial charge is 0.445 e. The van der Waals surface area contributed by atoms with Crippen LogP contribution in [0.2, 0.25) is 0 Å². The summed E-state index contributed by atoms with van der Waals surface area (Å²) in [6.07, 6.45) is 1.71. The van der Waals surface area contributed by atoms with Gasteiger partial charge in [0, 0.05) is 10.9 Å². The topological polar surface area (TPSA) is 36.9 Å². The maximum absolute atomic E-state index is 9.11. The van der Waals surface area contributed by atoms with Gasteiger partial charge in [0.1, 0.15) is 11.7 Å². The van der Waals surface area contributed by atoms with Gasteiger partial charge in [0.15, 0.2) is 0 Å². The van der Waals surface area contributed by atoms with E-state index in [0.29, 0.717) is 5.76 Å². The highest BCUT2D eigenvalue weighted by Crippen LogP contribution is 2.27. The fourth-order valence-electron chi connectivity index (χ4n) is 2.58. The van der Waals surface area contributed by atoms with Gasteiger partial charge in [0.25, 0.3) is 0 Å². The lowest BCUT2D eigenvalue weighted by Crippen LogP contribution is -1.88. The Hall–Kier alpha value is -2.53. The zero-order valence-electron chi connectivity index (χ0n) is 11.4. The summed E-state index contributed by atoms with van der Waals surface area (Å²) >= 11 is 0. The molecule has 0 atom stereocenters. The second kappa shape index (κ2) is 5.22. The van der Waals surface area contributed by atoms with Gasteiger partial charge in [-0.05, 0) is 36.1 Å². The van der Waals surface area contributed by atoms with Crippen LogP contribution in [0.25, 0.3) is 11.0 Å². The standard InChI is InChI=1S/C18H15NO/c1-2-15-16-11-14(10-13-6-4-3-5-7-13)8-9-17(16)20-18(15)12-19/h3-9,11H,2,10H2,1H3. The number of hydrogen-bond acceptors (Lipinski definition) is 2. The minimum absolute atomic E-state index is 0.444. The number of nitriles is 1. The van der Waals surface area contributed by atoms with Crippen molar-refractivity contribution in [2.24, 2.45) is 0 Å². The molecule has 0 bridgehead atoms. The Balaban J connectivity index is 2.04. The van der Waals surface area contributed by atoms with E-state index in [1.165, 1.54) is 11.1 Å². The number of nitrogens with zero attached hydrogens (tertiary/aromatic N) is 1. The van der Waals surface area contributed by atoms with Crippen LogP contribution in [-0.4, -0.2) is 0 Å². The molecule has 3 rings (SSSR count). The second-order valence-corrected chi connectivity index (χ2v) is 4.87. The van der Waals surface area contributed by atoms with Crippen molar-refractivity contribution in [1.82, 2.24) is 0 Å². The number of rotatable bonds is 3. The van der Waals surface area contributed by atoms with E-state index in [2.05, 4.69) is 49.4 Å². The second-order valence-electron chi connectivity index (χ2n) is 4.87. The fraction of sp³-hybridized carbons (Fsp3) is 0.167. The molecule has 0 unspecified atom stereocenters. The lowest BCUT2D eigenvalue weighted by atomic mass is 10.0. The van der Waals surface area contributed by atoms with Crippen LogP contribution in [0.1, 0.15) is 29.4 Å². The first-order chi connectivity index (χ1) is 9.81. The van der Waals surface area contributed by atoms with Crippen LogP contribution in [0.15, 0.2) is 52.9 Å². The molecule has 1 heterocycles. The van der Waals surface area contributed by atoms with Crippen molar-refractivity contribution in [3.05, 3.63) is 71.0 Å². The number of hydrogen-bond donors (Lipinski definition) is 0. The van der Waals surface area contributed by atoms with Crippen molar-refractivity contribution in [3.8, 4) is 6.07 Å². The van der Waals surface area contributed by atoms with Gasteiger partial charge in [-0.3, -0.25) is 0 Å². The molecule has 2 heteroatoms. The minimum Gasteiger partial charge on any atom is -0.445 e. The van der Waals surface area contributed by atoms with Crippen LogP contribution in [0.4, 0.5) is 0 Å². The van der Waals surface area contributed by atoms with Crippen LogP contribution in [0.5, 0.6) is 0 Å². The third-order valence-electron chi connectivity index (χ3n) is 3.56. The molecule has 0 N–H and O–H groups in total. The number of aryl methyl sites for hydroxylation is 1. The molecule has 3 aromatic rings. The maximum atomic E-state index is 9.11. The summed E-state index contributed by atoms with van der Waals surface area (Å²) in [7, 11) is 0. The van der Waals surface area contributed by atoms with Gasteiger partial charge in [-0.1, -0.05) is 43.3 Å². The van der Waals surface area contributed by atoms with Crippen LogP contribution in [-0.2, 0) is 12.8 Å². The Morgan fingerprint density at radius 1 is 1.05 bits per heavy atom. The van der Waals surface area contributed by atoms with E-state index in [1.807, 2.05) is 12.1 Å². The Kier molecular flexibility index (Phi) is 3.26. The highest BCUT2D eigenvalue weighted by Gasteiger charge is 2.12. The monoisotopic (exact) mass is 261 g/mol. The van der Waals surface area contributed by atoms with Gasteiger partial charge in [0.2, 0.25) is 5.76 Å². The predicted octanol–water partition coefficient (Wildman–Crippen LogP) is 4.46. The number of fused-ring (bicyclic) bond motifs is 1. The smallest absolute Gasteiger partial charge is 0.207 e. The number of benzene rings is 2. The van der Waals surface area contributed by atoms with Crippen molar-refractivity contribution in [2.45, 2.75) is 19.8 Å². The summed E-state index contributed by atoms with van der Waals surface area (Å²) in [6, 6.07) is 18.7. The summed E-state index contributed by atoms with van der Waals surface area (Å²) in [5.41, 5.74) is 4.34. The Morgan fingerprint density at radius 3 is 2.55 bits per heavy atom. The molecule has 0 radical (unpaired) electrons. The maximum Gasteiger partial charge on any atom is 0.207 e. The summed E-state index contributed by atoms with van der Waals surface area (Å²) in [5, 5.41) is 10.2. The number of furan rings is 1. The molecule has 0 fully saturated rings. The summed E-state index contributed by atoms with van der Waals surface area (Å²) in [6.45, 7) is 2.05. The van der Waals surface area contributed by atoms with Crippen LogP contribution < -0.4 is 0 Å². The van der Waals surface area contributed by atoms with E-state index in [9.17, 15) is 0 Å². The summed E-state index contributed by atoms with van der Waals surface area (Å²) < 4.78 is 5.58. The van der Waals surface area contributed by atoms with Crippen molar-refractivity contribution in [2.75, 3.05) is 0 Å². The molecule has 0 amide bonds. The summed E-state index contributed by atoms with van der Waals surface area (Å²) in [4.78, 5) is 0. The molecule has 0 aliphatic heterocycles. The zero-order chi connectivity index (χ0) is 13.9. The molecular weight excluding hydrogens is 246 g/mol. The van der Waals surface area contributed by atoms with Gasteiger partial charge >= 0.3 is 0 Å². The Morgan fingerprint density at radius 2 is 1.85 bits per heavy atom. The SMILES string of the molecule is CCc1c(C#N)oc2ccc(Cc3ccccc3)cc12. The van der Waals surface area contributed by atoms with Gasteiger partial charge in [-0.15, -0.1) is 0 Å². The summed E-state index contributed by atoms with van der Waals surface area (Å²) in [5.74, 6) is 0.444. The molecular formula is C18H15NO. The van der Waals surface area contributed by atoms with Gasteiger partial charge in [-0.25, -0.2) is 0 Å². The average molecular weight is 261 g/mol. The van der Waals surface area contributed by atoms with E-state index in [0.717, 1.165) is 29.4 Å². The molecule has 0 aliphatic carbocycles. The average Bonchev–Trinajstić information content (AvgIpc) is 2.85. The molecule has 20 heavy (non-hydrogen) atoms. The molecule has 2 nitrogen and oxygen atoms in total. The Labute approximate surface area is 118 Å². The van der Waals surface area contributed by atoms with E-state index >= 15 is 0 Å². The molecule has 98 valence electrons. The van der Waals surface area contributed by atoms with Crippen LogP contribution in [0, 0.1) is 11.3 Å². The molecule has 0 saturated heterocycles. The first-order valence-electron chi connectivity index (χ1n) is 6.80. The predicted molar refractivity (Wildman–Crippen MR) is 79.6 cm³/mol. The highest BCUT2D eigenvalue weighted by atomic mass is 16.3. The molecule has 0 spiro atoms. The third kappa shape index (κ3) is 2.19. The third-order valence-corrected chi connectivity index (χ3v) is 3.56. The first-order valence-corrected chi connectivity index (χ1v) is 6.80. The van der Waals surface area contributed by atoms with E-state index < -0.39 is 0 Å².